The molecule has 1 aromatic rings. The van der Waals surface area contributed by atoms with Crippen LogP contribution in [0.25, 0.3) is 6.08 Å². The smallest absolute Gasteiger partial charge is 0.0406 e. The number of hydrogen-bond acceptors (Lipinski definition) is 0. The Labute approximate surface area is 84.2 Å². The molecule has 0 saturated heterocycles. The fourth-order valence-electron chi connectivity index (χ4n) is 1.48. The summed E-state index contributed by atoms with van der Waals surface area (Å²) < 4.78 is 0. The highest BCUT2D eigenvalue weighted by atomic mass is 35.5. The normalized spacial score (nSPS) is 17.5. The Morgan fingerprint density at radius 2 is 1.92 bits per heavy atom. The molecule has 0 bridgehead atoms. The van der Waals surface area contributed by atoms with Crippen molar-refractivity contribution >= 4 is 17.7 Å². The molecule has 0 nitrogen and oxygen atoms in total. The van der Waals surface area contributed by atoms with Crippen LogP contribution in [-0.4, -0.2) is 0 Å². The van der Waals surface area contributed by atoms with Gasteiger partial charge >= 0.3 is 0 Å². The Kier molecular flexibility index (Phi) is 2.41. The molecule has 0 amide bonds. The van der Waals surface area contributed by atoms with Crippen molar-refractivity contribution in [3.05, 3.63) is 40.4 Å². The lowest BCUT2D eigenvalue weighted by atomic mass is 10.1. The van der Waals surface area contributed by atoms with Gasteiger partial charge in [0, 0.05) is 5.02 Å². The molecule has 0 spiro atoms. The summed E-state index contributed by atoms with van der Waals surface area (Å²) in [5, 5.41) is 0.807. The monoisotopic (exact) mass is 192 g/mol. The van der Waals surface area contributed by atoms with Gasteiger partial charge in [-0.2, -0.15) is 0 Å². The summed E-state index contributed by atoms with van der Waals surface area (Å²) in [6.45, 7) is 2.21. The zero-order valence-corrected chi connectivity index (χ0v) is 8.51. The van der Waals surface area contributed by atoms with E-state index in [0.717, 1.165) is 10.9 Å². The summed E-state index contributed by atoms with van der Waals surface area (Å²) in [6.07, 6.45) is 5.00. The van der Waals surface area contributed by atoms with E-state index >= 15 is 0 Å². The lowest BCUT2D eigenvalue weighted by Gasteiger charge is -1.98. The molecule has 13 heavy (non-hydrogen) atoms. The lowest BCUT2D eigenvalue weighted by Crippen LogP contribution is -1.78. The van der Waals surface area contributed by atoms with Crippen molar-refractivity contribution in [3.8, 4) is 0 Å². The Balaban J connectivity index is 2.16. The second-order valence-electron chi connectivity index (χ2n) is 3.71. The average Bonchev–Trinajstić information content (AvgIpc) is 2.91. The summed E-state index contributed by atoms with van der Waals surface area (Å²) in [6, 6.07) is 8.00. The van der Waals surface area contributed by atoms with Gasteiger partial charge in [0.1, 0.15) is 0 Å². The first-order valence-corrected chi connectivity index (χ1v) is 5.07. The largest absolute Gasteiger partial charge is 0.0843 e. The van der Waals surface area contributed by atoms with Gasteiger partial charge in [-0.25, -0.2) is 0 Å². The zero-order chi connectivity index (χ0) is 9.26. The first kappa shape index (κ1) is 8.83. The Morgan fingerprint density at radius 1 is 1.31 bits per heavy atom. The minimum atomic E-state index is 0.807. The fraction of sp³-hybridized carbons (Fsp3) is 0.333. The number of benzene rings is 1. The molecule has 68 valence electrons. The molecule has 0 aromatic heterocycles. The summed E-state index contributed by atoms with van der Waals surface area (Å²) in [5.41, 5.74) is 2.76. The zero-order valence-electron chi connectivity index (χ0n) is 7.76. The molecule has 0 aliphatic heterocycles. The van der Waals surface area contributed by atoms with E-state index < -0.39 is 0 Å². The second kappa shape index (κ2) is 3.55. The van der Waals surface area contributed by atoms with E-state index in [2.05, 4.69) is 25.1 Å². The predicted octanol–water partition coefficient (Wildman–Crippen LogP) is 4.15. The molecular formula is C12H13Cl. The quantitative estimate of drug-likeness (QED) is 0.661. The third-order valence-electron chi connectivity index (χ3n) is 2.49. The molecule has 1 saturated carbocycles. The maximum absolute atomic E-state index is 5.80. The average molecular weight is 193 g/mol. The van der Waals surface area contributed by atoms with Crippen molar-refractivity contribution in [1.82, 2.24) is 0 Å². The highest BCUT2D eigenvalue weighted by Gasteiger charge is 2.22. The van der Waals surface area contributed by atoms with Gasteiger partial charge in [-0.1, -0.05) is 35.4 Å². The van der Waals surface area contributed by atoms with Crippen molar-refractivity contribution < 1.29 is 0 Å². The van der Waals surface area contributed by atoms with Crippen LogP contribution in [0.2, 0.25) is 5.02 Å². The van der Waals surface area contributed by atoms with Crippen LogP contribution < -0.4 is 0 Å². The standard InChI is InChI=1S/C12H13Cl/c1-9(11-4-5-11)8-10-2-6-12(13)7-3-10/h2-3,6-8,11H,4-5H2,1H3. The van der Waals surface area contributed by atoms with Crippen molar-refractivity contribution in [2.45, 2.75) is 19.8 Å². The van der Waals surface area contributed by atoms with E-state index in [1.807, 2.05) is 12.1 Å². The summed E-state index contributed by atoms with van der Waals surface area (Å²) in [7, 11) is 0. The third kappa shape index (κ3) is 2.35. The Hall–Kier alpha value is -0.750. The van der Waals surface area contributed by atoms with Gasteiger partial charge in [-0.3, -0.25) is 0 Å². The molecule has 1 fully saturated rings. The maximum Gasteiger partial charge on any atom is 0.0406 e. The van der Waals surface area contributed by atoms with E-state index in [9.17, 15) is 0 Å². The first-order valence-electron chi connectivity index (χ1n) is 4.69. The molecule has 1 aromatic carbocycles. The number of allylic oxidation sites excluding steroid dienone is 1. The van der Waals surface area contributed by atoms with E-state index in [4.69, 9.17) is 11.6 Å². The van der Waals surface area contributed by atoms with Crippen molar-refractivity contribution in [2.24, 2.45) is 5.92 Å². The SMILES string of the molecule is CC(=Cc1ccc(Cl)cc1)C1CC1. The van der Waals surface area contributed by atoms with Crippen molar-refractivity contribution in [3.63, 3.8) is 0 Å². The molecule has 1 aliphatic rings. The predicted molar refractivity (Wildman–Crippen MR) is 57.8 cm³/mol. The minimum Gasteiger partial charge on any atom is -0.0843 e. The van der Waals surface area contributed by atoms with Crippen LogP contribution in [0.4, 0.5) is 0 Å². The maximum atomic E-state index is 5.80. The number of rotatable bonds is 2. The van der Waals surface area contributed by atoms with Crippen LogP contribution in [0.3, 0.4) is 0 Å². The van der Waals surface area contributed by atoms with E-state index in [-0.39, 0.29) is 0 Å². The van der Waals surface area contributed by atoms with E-state index in [1.54, 1.807) is 0 Å². The van der Waals surface area contributed by atoms with Crippen LogP contribution in [0.1, 0.15) is 25.3 Å². The summed E-state index contributed by atoms with van der Waals surface area (Å²) in [5.74, 6) is 0.857. The molecule has 0 heterocycles. The Morgan fingerprint density at radius 3 is 2.46 bits per heavy atom. The van der Waals surface area contributed by atoms with Gasteiger partial charge < -0.3 is 0 Å². The number of hydrogen-bond donors (Lipinski definition) is 0. The molecule has 1 heteroatoms. The van der Waals surface area contributed by atoms with E-state index in [1.165, 1.54) is 24.0 Å². The highest BCUT2D eigenvalue weighted by molar-refractivity contribution is 6.30. The first-order chi connectivity index (χ1) is 6.25. The second-order valence-corrected chi connectivity index (χ2v) is 4.15. The lowest BCUT2D eigenvalue weighted by molar-refractivity contribution is 1.02. The molecular weight excluding hydrogens is 180 g/mol. The molecule has 2 rings (SSSR count). The Bertz CT molecular complexity index is 317. The van der Waals surface area contributed by atoms with Crippen LogP contribution in [0, 0.1) is 5.92 Å². The van der Waals surface area contributed by atoms with Gasteiger partial charge in [-0.05, 0) is 43.4 Å². The fourth-order valence-corrected chi connectivity index (χ4v) is 1.60. The van der Waals surface area contributed by atoms with Gasteiger partial charge in [-0.15, -0.1) is 0 Å². The molecule has 0 radical (unpaired) electrons. The number of halogens is 1. The van der Waals surface area contributed by atoms with Crippen LogP contribution in [0.15, 0.2) is 29.8 Å². The van der Waals surface area contributed by atoms with Gasteiger partial charge in [0.05, 0.1) is 0 Å². The van der Waals surface area contributed by atoms with Crippen LogP contribution in [-0.2, 0) is 0 Å². The molecule has 0 atom stereocenters. The van der Waals surface area contributed by atoms with Crippen molar-refractivity contribution in [1.29, 1.82) is 0 Å². The topological polar surface area (TPSA) is 0 Å². The summed E-state index contributed by atoms with van der Waals surface area (Å²) in [4.78, 5) is 0. The third-order valence-corrected chi connectivity index (χ3v) is 2.74. The molecule has 0 N–H and O–H groups in total. The summed E-state index contributed by atoms with van der Waals surface area (Å²) >= 11 is 5.80. The molecule has 1 aliphatic carbocycles. The van der Waals surface area contributed by atoms with Gasteiger partial charge in [0.15, 0.2) is 0 Å². The van der Waals surface area contributed by atoms with Crippen molar-refractivity contribution in [2.75, 3.05) is 0 Å². The van der Waals surface area contributed by atoms with E-state index in [0.29, 0.717) is 0 Å². The van der Waals surface area contributed by atoms with Crippen LogP contribution in [0.5, 0.6) is 0 Å². The van der Waals surface area contributed by atoms with Crippen LogP contribution >= 0.6 is 11.6 Å². The van der Waals surface area contributed by atoms with Gasteiger partial charge in [0.25, 0.3) is 0 Å². The molecule has 0 unspecified atom stereocenters. The van der Waals surface area contributed by atoms with Gasteiger partial charge in [0.2, 0.25) is 0 Å². The highest BCUT2D eigenvalue weighted by Crippen LogP contribution is 2.36. The minimum absolute atomic E-state index is 0.807.